The number of amides is 2. The largest absolute Gasteiger partial charge is 0.396 e. The van der Waals surface area contributed by atoms with Gasteiger partial charge in [0.15, 0.2) is 0 Å². The maximum absolute atomic E-state index is 13.3. The van der Waals surface area contributed by atoms with E-state index in [2.05, 4.69) is 16.3 Å². The summed E-state index contributed by atoms with van der Waals surface area (Å²) in [7, 11) is 0. The Morgan fingerprint density at radius 1 is 1.03 bits per heavy atom. The maximum atomic E-state index is 13.3. The first-order chi connectivity index (χ1) is 14.2. The third-order valence-corrected chi connectivity index (χ3v) is 8.26. The highest BCUT2D eigenvalue weighted by Crippen LogP contribution is 2.37. The normalized spacial score (nSPS) is 25.7. The summed E-state index contributed by atoms with van der Waals surface area (Å²) in [6.07, 6.45) is 10.4. The average Bonchev–Trinajstić information content (AvgIpc) is 3.27. The lowest BCUT2D eigenvalue weighted by Crippen LogP contribution is -2.49. The molecule has 1 aromatic heterocycles. The van der Waals surface area contributed by atoms with Gasteiger partial charge < -0.3 is 14.9 Å². The van der Waals surface area contributed by atoms with Crippen molar-refractivity contribution >= 4 is 23.2 Å². The molecule has 6 heteroatoms. The van der Waals surface area contributed by atoms with Crippen LogP contribution in [0, 0.1) is 5.92 Å². The molecule has 3 heterocycles. The standard InChI is InChI=1S/C23H34N2O3S/c26-14-4-8-22(27)24-12-9-18(10-13-24)21-15-19(16-29-21)23(28)25-11-3-6-17-5-1-2-7-20(17)25/h15-18,20,26H,1-14H2. The summed E-state index contributed by atoms with van der Waals surface area (Å²) in [4.78, 5) is 30.8. The number of hydrogen-bond acceptors (Lipinski definition) is 4. The molecule has 5 nitrogen and oxygen atoms in total. The summed E-state index contributed by atoms with van der Waals surface area (Å²) in [6.45, 7) is 2.56. The lowest BCUT2D eigenvalue weighted by molar-refractivity contribution is -0.132. The van der Waals surface area contributed by atoms with Gasteiger partial charge in [-0.3, -0.25) is 9.59 Å². The van der Waals surface area contributed by atoms with Crippen LogP contribution in [0.4, 0.5) is 0 Å². The fourth-order valence-corrected chi connectivity index (χ4v) is 6.58. The molecule has 2 unspecified atom stereocenters. The van der Waals surface area contributed by atoms with Crippen LogP contribution in [0.25, 0.3) is 0 Å². The molecule has 2 atom stereocenters. The molecule has 0 aromatic carbocycles. The van der Waals surface area contributed by atoms with Crippen LogP contribution in [0.15, 0.2) is 11.4 Å². The Morgan fingerprint density at radius 2 is 1.79 bits per heavy atom. The molecule has 1 aliphatic carbocycles. The number of nitrogens with zero attached hydrogens (tertiary/aromatic N) is 2. The van der Waals surface area contributed by atoms with Crippen LogP contribution < -0.4 is 0 Å². The van der Waals surface area contributed by atoms with Crippen LogP contribution in [0.3, 0.4) is 0 Å². The predicted molar refractivity (Wildman–Crippen MR) is 115 cm³/mol. The van der Waals surface area contributed by atoms with Crippen LogP contribution in [0.5, 0.6) is 0 Å². The molecule has 2 aliphatic heterocycles. The molecular weight excluding hydrogens is 384 g/mol. The second-order valence-electron chi connectivity index (χ2n) is 8.97. The number of carbonyl (C=O) groups excluding carboxylic acids is 2. The summed E-state index contributed by atoms with van der Waals surface area (Å²) >= 11 is 1.72. The van der Waals surface area contributed by atoms with Crippen molar-refractivity contribution < 1.29 is 14.7 Å². The molecule has 4 rings (SSSR count). The summed E-state index contributed by atoms with van der Waals surface area (Å²) < 4.78 is 0. The highest BCUT2D eigenvalue weighted by Gasteiger charge is 2.36. The Balaban J connectivity index is 1.35. The highest BCUT2D eigenvalue weighted by molar-refractivity contribution is 7.10. The predicted octanol–water partition coefficient (Wildman–Crippen LogP) is 4.02. The lowest BCUT2D eigenvalue weighted by atomic mass is 9.78. The zero-order valence-electron chi connectivity index (χ0n) is 17.4. The topological polar surface area (TPSA) is 60.9 Å². The summed E-state index contributed by atoms with van der Waals surface area (Å²) in [5.74, 6) is 1.56. The van der Waals surface area contributed by atoms with Gasteiger partial charge in [-0.1, -0.05) is 12.8 Å². The van der Waals surface area contributed by atoms with E-state index in [-0.39, 0.29) is 18.4 Å². The quantitative estimate of drug-likeness (QED) is 0.786. The number of thiophene rings is 1. The van der Waals surface area contributed by atoms with E-state index >= 15 is 0 Å². The van der Waals surface area contributed by atoms with Crippen molar-refractivity contribution in [3.05, 3.63) is 21.9 Å². The van der Waals surface area contributed by atoms with Crippen LogP contribution in [-0.2, 0) is 4.79 Å². The van der Waals surface area contributed by atoms with Crippen LogP contribution >= 0.6 is 11.3 Å². The molecular formula is C23H34N2O3S. The van der Waals surface area contributed by atoms with E-state index in [0.717, 1.165) is 44.5 Å². The van der Waals surface area contributed by atoms with Gasteiger partial charge in [0.1, 0.15) is 0 Å². The van der Waals surface area contributed by atoms with Gasteiger partial charge in [-0.15, -0.1) is 11.3 Å². The molecule has 2 amide bonds. The van der Waals surface area contributed by atoms with Crippen molar-refractivity contribution in [2.24, 2.45) is 5.92 Å². The number of aliphatic hydroxyl groups excluding tert-OH is 1. The molecule has 160 valence electrons. The van der Waals surface area contributed by atoms with Crippen molar-refractivity contribution in [1.82, 2.24) is 9.80 Å². The molecule has 3 fully saturated rings. The van der Waals surface area contributed by atoms with Crippen LogP contribution in [-0.4, -0.2) is 59.0 Å². The number of aliphatic hydroxyl groups is 1. The Morgan fingerprint density at radius 3 is 2.59 bits per heavy atom. The number of rotatable bonds is 5. The molecule has 1 saturated carbocycles. The Bertz CT molecular complexity index is 709. The Labute approximate surface area is 178 Å². The van der Waals surface area contributed by atoms with E-state index in [9.17, 15) is 9.59 Å². The van der Waals surface area contributed by atoms with Gasteiger partial charge in [0.05, 0.1) is 5.56 Å². The smallest absolute Gasteiger partial charge is 0.254 e. The summed E-state index contributed by atoms with van der Waals surface area (Å²) in [6, 6.07) is 2.59. The van der Waals surface area contributed by atoms with E-state index in [0.29, 0.717) is 30.7 Å². The molecule has 0 bridgehead atoms. The van der Waals surface area contributed by atoms with Gasteiger partial charge in [-0.05, 0) is 62.8 Å². The first-order valence-electron chi connectivity index (χ1n) is 11.5. The maximum Gasteiger partial charge on any atom is 0.254 e. The summed E-state index contributed by atoms with van der Waals surface area (Å²) in [5, 5.41) is 11.0. The molecule has 0 radical (unpaired) electrons. The van der Waals surface area contributed by atoms with Gasteiger partial charge in [-0.2, -0.15) is 0 Å². The van der Waals surface area contributed by atoms with Crippen molar-refractivity contribution in [3.63, 3.8) is 0 Å². The highest BCUT2D eigenvalue weighted by atomic mass is 32.1. The second-order valence-corrected chi connectivity index (χ2v) is 9.92. The summed E-state index contributed by atoms with van der Waals surface area (Å²) in [5.41, 5.74) is 0.873. The average molecular weight is 419 g/mol. The van der Waals surface area contributed by atoms with Gasteiger partial charge in [0, 0.05) is 49.0 Å². The van der Waals surface area contributed by atoms with Crippen molar-refractivity contribution in [1.29, 1.82) is 0 Å². The van der Waals surface area contributed by atoms with Gasteiger partial charge in [0.2, 0.25) is 5.91 Å². The Kier molecular flexibility index (Phi) is 6.91. The van der Waals surface area contributed by atoms with Crippen LogP contribution in [0.2, 0.25) is 0 Å². The first kappa shape index (κ1) is 20.9. The Hall–Kier alpha value is -1.40. The van der Waals surface area contributed by atoms with E-state index in [4.69, 9.17) is 5.11 Å². The lowest BCUT2D eigenvalue weighted by Gasteiger charge is -2.44. The fraction of sp³-hybridized carbons (Fsp3) is 0.739. The number of fused-ring (bicyclic) bond motifs is 1. The van der Waals surface area contributed by atoms with Gasteiger partial charge >= 0.3 is 0 Å². The minimum atomic E-state index is 0.0762. The third kappa shape index (κ3) is 4.69. The van der Waals surface area contributed by atoms with Gasteiger partial charge in [-0.25, -0.2) is 0 Å². The van der Waals surface area contributed by atoms with Crippen molar-refractivity contribution in [2.75, 3.05) is 26.2 Å². The van der Waals surface area contributed by atoms with Gasteiger partial charge in [0.25, 0.3) is 5.91 Å². The zero-order chi connectivity index (χ0) is 20.2. The number of likely N-dealkylation sites (tertiary alicyclic amines) is 2. The number of carbonyl (C=O) groups is 2. The van der Waals surface area contributed by atoms with Crippen molar-refractivity contribution in [3.8, 4) is 0 Å². The fourth-order valence-electron chi connectivity index (χ4n) is 5.52. The molecule has 29 heavy (non-hydrogen) atoms. The zero-order valence-corrected chi connectivity index (χ0v) is 18.2. The first-order valence-corrected chi connectivity index (χ1v) is 12.3. The minimum absolute atomic E-state index is 0.0762. The minimum Gasteiger partial charge on any atom is -0.396 e. The third-order valence-electron chi connectivity index (χ3n) is 7.17. The monoisotopic (exact) mass is 418 g/mol. The van der Waals surface area contributed by atoms with E-state index in [1.165, 1.54) is 37.0 Å². The van der Waals surface area contributed by atoms with Crippen LogP contribution in [0.1, 0.15) is 85.4 Å². The molecule has 2 saturated heterocycles. The van der Waals surface area contributed by atoms with E-state index in [1.807, 2.05) is 4.90 Å². The molecule has 0 spiro atoms. The molecule has 1 aromatic rings. The molecule has 3 aliphatic rings. The number of piperidine rings is 2. The van der Waals surface area contributed by atoms with E-state index < -0.39 is 0 Å². The number of hydrogen-bond donors (Lipinski definition) is 1. The second kappa shape index (κ2) is 9.61. The van der Waals surface area contributed by atoms with E-state index in [1.54, 1.807) is 11.3 Å². The van der Waals surface area contributed by atoms with Crippen molar-refractivity contribution in [2.45, 2.75) is 76.2 Å². The molecule has 1 N–H and O–H groups in total. The SMILES string of the molecule is O=C(CCCO)N1CCC(c2cc(C(=O)N3CCCC4CCCCC43)cs2)CC1.